The summed E-state index contributed by atoms with van der Waals surface area (Å²) in [5.41, 5.74) is 2.70. The van der Waals surface area contributed by atoms with E-state index in [9.17, 15) is 15.0 Å². The highest BCUT2D eigenvalue weighted by Crippen LogP contribution is 2.20. The minimum Gasteiger partial charge on any atom is -0.508 e. The summed E-state index contributed by atoms with van der Waals surface area (Å²) in [6.07, 6.45) is 1.59. The van der Waals surface area contributed by atoms with Gasteiger partial charge in [0.25, 0.3) is 0 Å². The first-order valence-electron chi connectivity index (χ1n) is 5.87. The molecule has 0 aliphatic rings. The summed E-state index contributed by atoms with van der Waals surface area (Å²) in [6, 6.07) is 13.7. The lowest BCUT2D eigenvalue weighted by molar-refractivity contribution is -0.130. The van der Waals surface area contributed by atoms with Gasteiger partial charge in [-0.1, -0.05) is 42.0 Å². The largest absolute Gasteiger partial charge is 0.508 e. The number of aryl methyl sites for hydroxylation is 1. The third-order valence-corrected chi connectivity index (χ3v) is 2.80. The third-order valence-electron chi connectivity index (χ3n) is 2.80. The van der Waals surface area contributed by atoms with Crippen LogP contribution in [0.15, 0.2) is 48.5 Å². The standard InChI is InChI=1S/C16H14O3/c1-11-2-6-13(7-3-11)15(16(18)19)10-12-4-8-14(17)9-5-12/h2-10,17H,1H3,(H,18,19)/b15-10+. The van der Waals surface area contributed by atoms with Crippen molar-refractivity contribution in [2.75, 3.05) is 0 Å². The molecule has 96 valence electrons. The molecule has 2 aromatic rings. The van der Waals surface area contributed by atoms with Crippen molar-refractivity contribution >= 4 is 17.6 Å². The molecule has 2 aromatic carbocycles. The Morgan fingerprint density at radius 3 is 2.11 bits per heavy atom. The van der Waals surface area contributed by atoms with Crippen molar-refractivity contribution < 1.29 is 15.0 Å². The SMILES string of the molecule is Cc1ccc(/C(=C\c2ccc(O)cc2)C(=O)O)cc1. The van der Waals surface area contributed by atoms with E-state index in [-0.39, 0.29) is 11.3 Å². The number of carbonyl (C=O) groups is 1. The number of rotatable bonds is 3. The third kappa shape index (κ3) is 3.22. The number of benzene rings is 2. The van der Waals surface area contributed by atoms with E-state index in [0.717, 1.165) is 11.1 Å². The van der Waals surface area contributed by atoms with Gasteiger partial charge in [0, 0.05) is 0 Å². The second kappa shape index (κ2) is 5.40. The van der Waals surface area contributed by atoms with E-state index >= 15 is 0 Å². The first-order valence-corrected chi connectivity index (χ1v) is 5.87. The van der Waals surface area contributed by atoms with E-state index in [1.807, 2.05) is 19.1 Å². The van der Waals surface area contributed by atoms with E-state index < -0.39 is 5.97 Å². The number of hydrogen-bond acceptors (Lipinski definition) is 2. The van der Waals surface area contributed by atoms with Crippen LogP contribution in [0.3, 0.4) is 0 Å². The molecule has 0 spiro atoms. The Balaban J connectivity index is 2.43. The van der Waals surface area contributed by atoms with Crippen molar-refractivity contribution in [2.45, 2.75) is 6.92 Å². The Hall–Kier alpha value is -2.55. The molecule has 0 unspecified atom stereocenters. The Morgan fingerprint density at radius 1 is 1.00 bits per heavy atom. The zero-order valence-corrected chi connectivity index (χ0v) is 10.5. The topological polar surface area (TPSA) is 57.5 Å². The van der Waals surface area contributed by atoms with Gasteiger partial charge < -0.3 is 10.2 Å². The molecule has 0 bridgehead atoms. The maximum Gasteiger partial charge on any atom is 0.336 e. The van der Waals surface area contributed by atoms with E-state index in [4.69, 9.17) is 0 Å². The van der Waals surface area contributed by atoms with E-state index in [0.29, 0.717) is 5.56 Å². The van der Waals surface area contributed by atoms with Crippen LogP contribution < -0.4 is 0 Å². The summed E-state index contributed by atoms with van der Waals surface area (Å²) in [7, 11) is 0. The number of phenols is 1. The van der Waals surface area contributed by atoms with Gasteiger partial charge in [-0.2, -0.15) is 0 Å². The molecule has 2 N–H and O–H groups in total. The van der Waals surface area contributed by atoms with Crippen molar-refractivity contribution in [3.05, 3.63) is 65.2 Å². The minimum atomic E-state index is -0.975. The van der Waals surface area contributed by atoms with Gasteiger partial charge in [-0.25, -0.2) is 4.79 Å². The molecule has 0 aliphatic carbocycles. The van der Waals surface area contributed by atoms with Gasteiger partial charge in [-0.05, 0) is 36.3 Å². The van der Waals surface area contributed by atoms with Crippen LogP contribution >= 0.6 is 0 Å². The monoisotopic (exact) mass is 254 g/mol. The summed E-state index contributed by atoms with van der Waals surface area (Å²) >= 11 is 0. The minimum absolute atomic E-state index is 0.157. The number of carboxylic acid groups (broad SMARTS) is 1. The highest BCUT2D eigenvalue weighted by Gasteiger charge is 2.10. The molecular formula is C16H14O3. The molecule has 19 heavy (non-hydrogen) atoms. The van der Waals surface area contributed by atoms with Gasteiger partial charge in [0.2, 0.25) is 0 Å². The summed E-state index contributed by atoms with van der Waals surface area (Å²) in [6.45, 7) is 1.95. The maximum absolute atomic E-state index is 11.3. The lowest BCUT2D eigenvalue weighted by Crippen LogP contribution is -1.99. The Kier molecular flexibility index (Phi) is 3.66. The highest BCUT2D eigenvalue weighted by atomic mass is 16.4. The lowest BCUT2D eigenvalue weighted by atomic mass is 10.0. The molecule has 0 atom stereocenters. The first kappa shape index (κ1) is 12.9. The van der Waals surface area contributed by atoms with Crippen molar-refractivity contribution in [1.29, 1.82) is 0 Å². The quantitative estimate of drug-likeness (QED) is 0.652. The molecule has 0 amide bonds. The summed E-state index contributed by atoms with van der Waals surface area (Å²) in [5, 5.41) is 18.5. The average Bonchev–Trinajstić information content (AvgIpc) is 2.39. The molecule has 0 aromatic heterocycles. The van der Waals surface area contributed by atoms with Crippen molar-refractivity contribution in [2.24, 2.45) is 0 Å². The number of carboxylic acids is 1. The molecule has 0 aliphatic heterocycles. The van der Waals surface area contributed by atoms with Crippen LogP contribution in [0.2, 0.25) is 0 Å². The van der Waals surface area contributed by atoms with Gasteiger partial charge in [0.1, 0.15) is 5.75 Å². The van der Waals surface area contributed by atoms with E-state index in [1.54, 1.807) is 30.3 Å². The van der Waals surface area contributed by atoms with Crippen LogP contribution in [0.1, 0.15) is 16.7 Å². The molecule has 0 saturated heterocycles. The van der Waals surface area contributed by atoms with Gasteiger partial charge >= 0.3 is 5.97 Å². The Bertz CT molecular complexity index is 607. The number of phenolic OH excluding ortho intramolecular Hbond substituents is 1. The normalized spacial score (nSPS) is 11.3. The predicted octanol–water partition coefficient (Wildman–Crippen LogP) is 3.33. The van der Waals surface area contributed by atoms with Crippen LogP contribution in [-0.2, 0) is 4.79 Å². The van der Waals surface area contributed by atoms with Crippen LogP contribution in [0.4, 0.5) is 0 Å². The maximum atomic E-state index is 11.3. The molecular weight excluding hydrogens is 240 g/mol. The zero-order valence-electron chi connectivity index (χ0n) is 10.5. The fourth-order valence-electron chi connectivity index (χ4n) is 1.74. The smallest absolute Gasteiger partial charge is 0.336 e. The molecule has 0 fully saturated rings. The molecule has 3 heteroatoms. The highest BCUT2D eigenvalue weighted by molar-refractivity contribution is 6.20. The molecule has 0 saturated carbocycles. The second-order valence-corrected chi connectivity index (χ2v) is 4.32. The molecule has 3 nitrogen and oxygen atoms in total. The zero-order chi connectivity index (χ0) is 13.8. The van der Waals surface area contributed by atoms with Gasteiger partial charge in [-0.3, -0.25) is 0 Å². The first-order chi connectivity index (χ1) is 9.06. The van der Waals surface area contributed by atoms with Gasteiger partial charge in [0.05, 0.1) is 5.57 Å². The van der Waals surface area contributed by atoms with Crippen LogP contribution in [0.5, 0.6) is 5.75 Å². The average molecular weight is 254 g/mol. The molecule has 2 rings (SSSR count). The second-order valence-electron chi connectivity index (χ2n) is 4.32. The van der Waals surface area contributed by atoms with Crippen molar-refractivity contribution in [3.63, 3.8) is 0 Å². The van der Waals surface area contributed by atoms with Crippen LogP contribution in [0, 0.1) is 6.92 Å². The Morgan fingerprint density at radius 2 is 1.58 bits per heavy atom. The van der Waals surface area contributed by atoms with E-state index in [2.05, 4.69) is 0 Å². The van der Waals surface area contributed by atoms with Gasteiger partial charge in [-0.15, -0.1) is 0 Å². The number of hydrogen-bond donors (Lipinski definition) is 2. The molecule has 0 heterocycles. The summed E-state index contributed by atoms with van der Waals surface area (Å²) in [4.78, 5) is 11.3. The van der Waals surface area contributed by atoms with E-state index in [1.165, 1.54) is 12.1 Å². The summed E-state index contributed by atoms with van der Waals surface area (Å²) in [5.74, 6) is -0.818. The van der Waals surface area contributed by atoms with Crippen molar-refractivity contribution in [3.8, 4) is 5.75 Å². The predicted molar refractivity (Wildman–Crippen MR) is 74.8 cm³/mol. The fourth-order valence-corrected chi connectivity index (χ4v) is 1.74. The molecule has 0 radical (unpaired) electrons. The van der Waals surface area contributed by atoms with Gasteiger partial charge in [0.15, 0.2) is 0 Å². The number of aromatic hydroxyl groups is 1. The lowest BCUT2D eigenvalue weighted by Gasteiger charge is -2.04. The van der Waals surface area contributed by atoms with Crippen LogP contribution in [0.25, 0.3) is 11.6 Å². The number of aliphatic carboxylic acids is 1. The Labute approximate surface area is 111 Å². The van der Waals surface area contributed by atoms with Crippen LogP contribution in [-0.4, -0.2) is 16.2 Å². The van der Waals surface area contributed by atoms with Crippen molar-refractivity contribution in [1.82, 2.24) is 0 Å². The fraction of sp³-hybridized carbons (Fsp3) is 0.0625. The summed E-state index contributed by atoms with van der Waals surface area (Å²) < 4.78 is 0.